The van der Waals surface area contributed by atoms with Gasteiger partial charge in [0.15, 0.2) is 0 Å². The first kappa shape index (κ1) is 23.7. The Bertz CT molecular complexity index is 882. The molecule has 0 heterocycles. The van der Waals surface area contributed by atoms with Crippen molar-refractivity contribution in [3.63, 3.8) is 0 Å². The van der Waals surface area contributed by atoms with Crippen LogP contribution in [0.15, 0.2) is 72.8 Å². The summed E-state index contributed by atoms with van der Waals surface area (Å²) in [6.07, 6.45) is 10.7. The first-order valence-corrected chi connectivity index (χ1v) is 11.8. The van der Waals surface area contributed by atoms with Crippen molar-refractivity contribution in [2.45, 2.75) is 70.1 Å². The van der Waals surface area contributed by atoms with E-state index in [1.54, 1.807) is 36.4 Å². The Morgan fingerprint density at radius 1 is 0.500 bits per heavy atom. The second-order valence-corrected chi connectivity index (χ2v) is 9.07. The zero-order valence-electron chi connectivity index (χ0n) is 19.1. The lowest BCUT2D eigenvalue weighted by Gasteiger charge is -2.31. The van der Waals surface area contributed by atoms with E-state index in [-0.39, 0.29) is 16.9 Å². The van der Waals surface area contributed by atoms with Gasteiger partial charge in [-0.05, 0) is 72.4 Å². The predicted molar refractivity (Wildman–Crippen MR) is 131 cm³/mol. The van der Waals surface area contributed by atoms with Crippen LogP contribution in [0.2, 0.25) is 0 Å². The molecule has 3 aromatic carbocycles. The third-order valence-electron chi connectivity index (χ3n) is 6.59. The molecule has 3 rings (SSSR count). The molecule has 0 saturated carbocycles. The molecule has 3 heteroatoms. The number of aryl methyl sites for hydroxylation is 1. The van der Waals surface area contributed by atoms with Gasteiger partial charge in [0.2, 0.25) is 0 Å². The first-order valence-electron chi connectivity index (χ1n) is 11.8. The maximum absolute atomic E-state index is 9.70. The summed E-state index contributed by atoms with van der Waals surface area (Å²) < 4.78 is 0. The van der Waals surface area contributed by atoms with Crippen molar-refractivity contribution < 1.29 is 15.3 Å². The fraction of sp³-hybridized carbons (Fsp3) is 0.379. The fourth-order valence-electron chi connectivity index (χ4n) is 4.47. The van der Waals surface area contributed by atoms with E-state index >= 15 is 0 Å². The summed E-state index contributed by atoms with van der Waals surface area (Å²) in [4.78, 5) is 0. The zero-order valence-corrected chi connectivity index (χ0v) is 19.1. The maximum atomic E-state index is 9.70. The van der Waals surface area contributed by atoms with Gasteiger partial charge in [-0.25, -0.2) is 0 Å². The minimum atomic E-state index is -0.147. The highest BCUT2D eigenvalue weighted by atomic mass is 16.3. The van der Waals surface area contributed by atoms with Gasteiger partial charge in [-0.1, -0.05) is 81.8 Å². The molecule has 0 aliphatic heterocycles. The molecule has 0 atom stereocenters. The summed E-state index contributed by atoms with van der Waals surface area (Å²) >= 11 is 0. The van der Waals surface area contributed by atoms with Gasteiger partial charge in [0.25, 0.3) is 0 Å². The lowest BCUT2D eigenvalue weighted by molar-refractivity contribution is 0.459. The zero-order chi connectivity index (χ0) is 22.8. The third-order valence-corrected chi connectivity index (χ3v) is 6.59. The van der Waals surface area contributed by atoms with Crippen LogP contribution < -0.4 is 0 Å². The number of rotatable bonds is 12. The van der Waals surface area contributed by atoms with Crippen LogP contribution >= 0.6 is 0 Å². The van der Waals surface area contributed by atoms with E-state index in [0.29, 0.717) is 5.75 Å². The normalized spacial score (nSPS) is 11.5. The molecule has 0 amide bonds. The summed E-state index contributed by atoms with van der Waals surface area (Å²) in [7, 11) is 0. The highest BCUT2D eigenvalue weighted by molar-refractivity contribution is 5.42. The van der Waals surface area contributed by atoms with Gasteiger partial charge in [-0.15, -0.1) is 0 Å². The summed E-state index contributed by atoms with van der Waals surface area (Å²) in [5.41, 5.74) is 3.53. The number of hydrogen-bond acceptors (Lipinski definition) is 3. The number of aromatic hydroxyl groups is 3. The van der Waals surface area contributed by atoms with E-state index in [9.17, 15) is 15.3 Å². The lowest BCUT2D eigenvalue weighted by atomic mass is 9.72. The quantitative estimate of drug-likeness (QED) is 0.260. The van der Waals surface area contributed by atoms with Crippen molar-refractivity contribution in [2.75, 3.05) is 0 Å². The van der Waals surface area contributed by atoms with Crippen LogP contribution in [-0.2, 0) is 11.8 Å². The number of phenols is 3. The molecule has 3 N–H and O–H groups in total. The van der Waals surface area contributed by atoms with Gasteiger partial charge < -0.3 is 15.3 Å². The van der Waals surface area contributed by atoms with Gasteiger partial charge in [-0.2, -0.15) is 0 Å². The molecule has 0 aromatic heterocycles. The largest absolute Gasteiger partial charge is 0.508 e. The second kappa shape index (κ2) is 11.6. The average molecular weight is 433 g/mol. The average Bonchev–Trinajstić information content (AvgIpc) is 2.80. The molecular weight excluding hydrogens is 396 g/mol. The Morgan fingerprint density at radius 3 is 1.34 bits per heavy atom. The van der Waals surface area contributed by atoms with Crippen LogP contribution in [0, 0.1) is 0 Å². The van der Waals surface area contributed by atoms with Crippen LogP contribution in [0.1, 0.15) is 75.0 Å². The Labute approximate surface area is 192 Å². The van der Waals surface area contributed by atoms with Crippen LogP contribution in [-0.4, -0.2) is 15.3 Å². The number of benzene rings is 3. The van der Waals surface area contributed by atoms with Crippen LogP contribution in [0.4, 0.5) is 0 Å². The van der Waals surface area contributed by atoms with Crippen molar-refractivity contribution in [1.82, 2.24) is 0 Å². The Balaban J connectivity index is 1.42. The van der Waals surface area contributed by atoms with Crippen LogP contribution in [0.5, 0.6) is 17.2 Å². The van der Waals surface area contributed by atoms with Crippen LogP contribution in [0.3, 0.4) is 0 Å². The number of phenolic OH excluding ortho intramolecular Hbond substituents is 3. The summed E-state index contributed by atoms with van der Waals surface area (Å²) in [6.45, 7) is 2.26. The van der Waals surface area contributed by atoms with Crippen molar-refractivity contribution in [2.24, 2.45) is 0 Å². The smallest absolute Gasteiger partial charge is 0.115 e. The van der Waals surface area contributed by atoms with E-state index < -0.39 is 0 Å². The molecule has 0 aliphatic carbocycles. The molecule has 32 heavy (non-hydrogen) atoms. The van der Waals surface area contributed by atoms with Gasteiger partial charge in [0.05, 0.1) is 0 Å². The first-order chi connectivity index (χ1) is 15.5. The Hall–Kier alpha value is -2.94. The molecule has 0 unspecified atom stereocenters. The van der Waals surface area contributed by atoms with Crippen LogP contribution in [0.25, 0.3) is 0 Å². The molecular formula is C29H36O3. The monoisotopic (exact) mass is 432 g/mol. The van der Waals surface area contributed by atoms with Gasteiger partial charge >= 0.3 is 0 Å². The lowest BCUT2D eigenvalue weighted by Crippen LogP contribution is -2.23. The molecule has 0 aliphatic rings. The van der Waals surface area contributed by atoms with E-state index in [1.807, 2.05) is 36.4 Å². The summed E-state index contributed by atoms with van der Waals surface area (Å²) in [5, 5.41) is 28.7. The Morgan fingerprint density at radius 2 is 0.875 bits per heavy atom. The fourth-order valence-corrected chi connectivity index (χ4v) is 4.47. The third kappa shape index (κ3) is 6.78. The van der Waals surface area contributed by atoms with Crippen molar-refractivity contribution >= 4 is 0 Å². The standard InChI is InChI=1S/C29H36O3/c1-29(24-12-18-27(31)19-13-24,25-14-20-28(32)21-15-25)22-8-6-4-2-3-5-7-9-23-10-16-26(30)17-11-23/h10-21,30-32H,2-9,22H2,1H3. The number of hydrogen-bond donors (Lipinski definition) is 3. The van der Waals surface area contributed by atoms with Gasteiger partial charge in [0, 0.05) is 5.41 Å². The van der Waals surface area contributed by atoms with E-state index in [1.165, 1.54) is 55.2 Å². The summed E-state index contributed by atoms with van der Waals surface area (Å²) in [5.74, 6) is 0.903. The highest BCUT2D eigenvalue weighted by Gasteiger charge is 2.28. The van der Waals surface area contributed by atoms with E-state index in [2.05, 4.69) is 6.92 Å². The van der Waals surface area contributed by atoms with Crippen molar-refractivity contribution in [3.05, 3.63) is 89.5 Å². The summed E-state index contributed by atoms with van der Waals surface area (Å²) in [6, 6.07) is 22.6. The molecule has 170 valence electrons. The predicted octanol–water partition coefficient (Wildman–Crippen LogP) is 7.47. The van der Waals surface area contributed by atoms with Gasteiger partial charge in [0.1, 0.15) is 17.2 Å². The second-order valence-electron chi connectivity index (χ2n) is 9.07. The molecule has 0 radical (unpaired) electrons. The minimum absolute atomic E-state index is 0.147. The van der Waals surface area contributed by atoms with E-state index in [4.69, 9.17) is 0 Å². The Kier molecular flexibility index (Phi) is 8.61. The minimum Gasteiger partial charge on any atom is -0.508 e. The number of unbranched alkanes of at least 4 members (excludes halogenated alkanes) is 6. The molecule has 0 saturated heterocycles. The molecule has 3 nitrogen and oxygen atoms in total. The topological polar surface area (TPSA) is 60.7 Å². The van der Waals surface area contributed by atoms with Crippen molar-refractivity contribution in [3.8, 4) is 17.2 Å². The SMILES string of the molecule is CC(CCCCCCCCCc1ccc(O)cc1)(c1ccc(O)cc1)c1ccc(O)cc1. The maximum Gasteiger partial charge on any atom is 0.115 e. The molecule has 0 bridgehead atoms. The van der Waals surface area contributed by atoms with E-state index in [0.717, 1.165) is 19.3 Å². The molecule has 0 fully saturated rings. The highest BCUT2D eigenvalue weighted by Crippen LogP contribution is 2.38. The van der Waals surface area contributed by atoms with Crippen molar-refractivity contribution in [1.29, 1.82) is 0 Å². The molecule has 3 aromatic rings. The molecule has 0 spiro atoms. The van der Waals surface area contributed by atoms with Gasteiger partial charge in [-0.3, -0.25) is 0 Å².